The van der Waals surface area contributed by atoms with E-state index in [1.807, 2.05) is 0 Å². The number of hydrogen-bond acceptors (Lipinski definition) is 8. The van der Waals surface area contributed by atoms with Gasteiger partial charge in [0.25, 0.3) is 5.56 Å². The molecule has 2 atom stereocenters. The number of aromatic nitrogens is 3. The van der Waals surface area contributed by atoms with Crippen molar-refractivity contribution in [3.05, 3.63) is 58.4 Å². The number of carbonyl (C=O) groups is 1. The van der Waals surface area contributed by atoms with Gasteiger partial charge in [-0.1, -0.05) is 16.2 Å². The number of benzene rings is 2. The van der Waals surface area contributed by atoms with Crippen molar-refractivity contribution in [2.45, 2.75) is 6.92 Å². The molecule has 1 heterocycles. The van der Waals surface area contributed by atoms with Crippen LogP contribution in [0.2, 0.25) is 0 Å². The fourth-order valence-electron chi connectivity index (χ4n) is 2.23. The molecule has 0 spiro atoms. The Hall–Kier alpha value is -2.92. The van der Waals surface area contributed by atoms with E-state index in [4.69, 9.17) is 8.37 Å². The fourth-order valence-corrected chi connectivity index (χ4v) is 3.31. The van der Waals surface area contributed by atoms with Crippen LogP contribution in [0.5, 0.6) is 11.5 Å². The number of para-hydroxylation sites is 1. The van der Waals surface area contributed by atoms with Crippen LogP contribution in [0, 0.1) is 0 Å². The van der Waals surface area contributed by atoms with Crippen molar-refractivity contribution in [3.63, 3.8) is 0 Å². The van der Waals surface area contributed by atoms with E-state index in [1.54, 1.807) is 12.1 Å². The minimum Gasteiger partial charge on any atom is -0.401 e. The zero-order chi connectivity index (χ0) is 19.6. The molecule has 3 aromatic rings. The Morgan fingerprint density at radius 3 is 2.56 bits per heavy atom. The third-order valence-corrected chi connectivity index (χ3v) is 4.66. The van der Waals surface area contributed by atoms with Gasteiger partial charge < -0.3 is 8.37 Å². The summed E-state index contributed by atoms with van der Waals surface area (Å²) in [6.45, 7) is 1.34. The van der Waals surface area contributed by atoms with Crippen LogP contribution < -0.4 is 13.9 Å². The van der Waals surface area contributed by atoms with Crippen LogP contribution in [0.4, 0.5) is 0 Å². The average Bonchev–Trinajstić information content (AvgIpc) is 2.62. The zero-order valence-corrected chi connectivity index (χ0v) is 15.8. The Morgan fingerprint density at radius 2 is 1.85 bits per heavy atom. The van der Waals surface area contributed by atoms with E-state index in [9.17, 15) is 18.0 Å². The molecule has 0 radical (unpaired) electrons. The van der Waals surface area contributed by atoms with Crippen molar-refractivity contribution in [2.75, 3.05) is 6.26 Å². The van der Waals surface area contributed by atoms with Crippen molar-refractivity contribution in [2.24, 2.45) is 0 Å². The molecule has 140 valence electrons. The second-order valence-electron chi connectivity index (χ2n) is 5.28. The van der Waals surface area contributed by atoms with Gasteiger partial charge in [0.05, 0.1) is 10.9 Å². The Morgan fingerprint density at radius 1 is 1.11 bits per heavy atom. The second kappa shape index (κ2) is 7.76. The topological polar surface area (TPSA) is 117 Å². The van der Waals surface area contributed by atoms with E-state index in [2.05, 4.69) is 10.3 Å². The molecule has 2 unspecified atom stereocenters. The molecule has 1 aromatic heterocycles. The van der Waals surface area contributed by atoms with Crippen LogP contribution in [-0.4, -0.2) is 34.9 Å². The summed E-state index contributed by atoms with van der Waals surface area (Å²) in [5, 5.41) is 7.49. The molecule has 0 bridgehead atoms. The highest BCUT2D eigenvalue weighted by Crippen LogP contribution is 2.20. The molecular formula is C16H13N3O6S2. The first-order valence-corrected chi connectivity index (χ1v) is 10.0. The maximum atomic E-state index is 12.6. The first-order valence-electron chi connectivity index (χ1n) is 7.49. The van der Waals surface area contributed by atoms with Gasteiger partial charge in [-0.05, 0) is 42.5 Å². The molecule has 27 heavy (non-hydrogen) atoms. The Bertz CT molecular complexity index is 1140. The lowest BCUT2D eigenvalue weighted by Gasteiger charge is -2.09. The van der Waals surface area contributed by atoms with Crippen LogP contribution in [0.25, 0.3) is 10.9 Å². The molecule has 0 saturated carbocycles. The summed E-state index contributed by atoms with van der Waals surface area (Å²) in [4.78, 5) is 24.2. The summed E-state index contributed by atoms with van der Waals surface area (Å²) in [7, 11) is 0. The smallest absolute Gasteiger partial charge is 0.344 e. The number of ketones is 1. The highest BCUT2D eigenvalue weighted by Gasteiger charge is 2.17. The lowest BCUT2D eigenvalue weighted by Crippen LogP contribution is -2.29. The molecule has 0 saturated heterocycles. The third-order valence-electron chi connectivity index (χ3n) is 3.39. The van der Waals surface area contributed by atoms with E-state index in [1.165, 1.54) is 43.5 Å². The third kappa shape index (κ3) is 4.09. The first kappa shape index (κ1) is 18.9. The van der Waals surface area contributed by atoms with Gasteiger partial charge in [-0.2, -0.15) is 4.21 Å². The number of carbonyl (C=O) groups excluding carboxylic acids is 1. The monoisotopic (exact) mass is 407 g/mol. The summed E-state index contributed by atoms with van der Waals surface area (Å²) in [5.41, 5.74) is -0.286. The Labute approximate surface area is 158 Å². The summed E-state index contributed by atoms with van der Waals surface area (Å²) in [5.74, 6) is -0.0434. The van der Waals surface area contributed by atoms with Gasteiger partial charge in [-0.15, -0.1) is 5.10 Å². The minimum atomic E-state index is -2.37. The fraction of sp³-hybridized carbons (Fsp3) is 0.125. The van der Waals surface area contributed by atoms with Crippen LogP contribution in [0.3, 0.4) is 0 Å². The van der Waals surface area contributed by atoms with Gasteiger partial charge in [0.15, 0.2) is 11.5 Å². The molecule has 0 aliphatic heterocycles. The minimum absolute atomic E-state index is 0.0515. The van der Waals surface area contributed by atoms with Crippen molar-refractivity contribution in [3.8, 4) is 11.5 Å². The van der Waals surface area contributed by atoms with Crippen molar-refractivity contribution in [1.82, 2.24) is 14.4 Å². The second-order valence-corrected chi connectivity index (χ2v) is 7.20. The van der Waals surface area contributed by atoms with E-state index in [-0.39, 0.29) is 33.7 Å². The van der Waals surface area contributed by atoms with Crippen LogP contribution in [0.15, 0.2) is 47.3 Å². The predicted molar refractivity (Wildman–Crippen MR) is 99.1 cm³/mol. The molecule has 2 aromatic carbocycles. The molecular weight excluding hydrogens is 394 g/mol. The maximum absolute atomic E-state index is 12.6. The van der Waals surface area contributed by atoms with E-state index in [0.29, 0.717) is 4.09 Å². The van der Waals surface area contributed by atoms with Crippen LogP contribution in [-0.2, 0) is 22.3 Å². The molecule has 0 aliphatic rings. The van der Waals surface area contributed by atoms with Crippen molar-refractivity contribution in [1.29, 1.82) is 0 Å². The van der Waals surface area contributed by atoms with Crippen molar-refractivity contribution >= 4 is 39.0 Å². The van der Waals surface area contributed by atoms with Gasteiger partial charge in [0.1, 0.15) is 11.3 Å². The standard InChI is InChI=1S/C16H13N3O6S2/c1-10(20)12-5-3-4-6-15(12)25-27(23)19-16(21)13-9-11(24-26(2)22)7-8-14(13)17-18-19/h3-9H,1-2H3. The normalized spacial score (nSPS) is 13.1. The van der Waals surface area contributed by atoms with Gasteiger partial charge in [0.2, 0.25) is 11.1 Å². The van der Waals surface area contributed by atoms with Gasteiger partial charge in [0, 0.05) is 6.26 Å². The molecule has 0 fully saturated rings. The van der Waals surface area contributed by atoms with Gasteiger partial charge in [-0.25, -0.2) is 4.21 Å². The largest absolute Gasteiger partial charge is 0.401 e. The predicted octanol–water partition coefficient (Wildman–Crippen LogP) is 1.17. The molecule has 3 rings (SSSR count). The highest BCUT2D eigenvalue weighted by molar-refractivity contribution is 7.79. The quantitative estimate of drug-likeness (QED) is 0.559. The summed E-state index contributed by atoms with van der Waals surface area (Å²) < 4.78 is 34.5. The number of Topliss-reactive ketones (excluding diaryl/α,β-unsaturated/α-hetero) is 1. The molecule has 0 N–H and O–H groups in total. The van der Waals surface area contributed by atoms with Crippen molar-refractivity contribution < 1.29 is 21.6 Å². The SMILES string of the molecule is CC(=O)c1ccccc1OS(=O)n1nnc2ccc(OS(C)=O)cc2c1=O. The molecule has 11 heteroatoms. The maximum Gasteiger partial charge on any atom is 0.344 e. The molecule has 9 nitrogen and oxygen atoms in total. The zero-order valence-electron chi connectivity index (χ0n) is 14.1. The van der Waals surface area contributed by atoms with E-state index < -0.39 is 27.9 Å². The average molecular weight is 407 g/mol. The lowest BCUT2D eigenvalue weighted by atomic mass is 10.1. The van der Waals surface area contributed by atoms with Crippen LogP contribution in [0.1, 0.15) is 17.3 Å². The van der Waals surface area contributed by atoms with E-state index in [0.717, 1.165) is 0 Å². The Kier molecular flexibility index (Phi) is 5.42. The van der Waals surface area contributed by atoms with Gasteiger partial charge >= 0.3 is 11.3 Å². The number of hydrogen-bond donors (Lipinski definition) is 0. The summed E-state index contributed by atoms with van der Waals surface area (Å²) in [6.07, 6.45) is 1.34. The highest BCUT2D eigenvalue weighted by atomic mass is 32.2. The number of fused-ring (bicyclic) bond motifs is 1. The van der Waals surface area contributed by atoms with Crippen LogP contribution >= 0.6 is 0 Å². The van der Waals surface area contributed by atoms with E-state index >= 15 is 0 Å². The van der Waals surface area contributed by atoms with Gasteiger partial charge in [-0.3, -0.25) is 9.59 Å². The Balaban J connectivity index is 2.00. The summed E-state index contributed by atoms with van der Waals surface area (Å²) in [6, 6.07) is 10.5. The molecule has 0 amide bonds. The number of rotatable bonds is 6. The number of nitrogens with zero attached hydrogens (tertiary/aromatic N) is 3. The molecule has 0 aliphatic carbocycles. The summed E-state index contributed by atoms with van der Waals surface area (Å²) >= 11 is -3.94. The lowest BCUT2D eigenvalue weighted by molar-refractivity contribution is 0.101. The first-order chi connectivity index (χ1) is 12.9.